The number of halogens is 3. The van der Waals surface area contributed by atoms with Gasteiger partial charge in [-0.05, 0) is 51.6 Å². The first kappa shape index (κ1) is 18.6. The van der Waals surface area contributed by atoms with Crippen LogP contribution < -0.4 is 0 Å². The third kappa shape index (κ3) is 4.04. The van der Waals surface area contributed by atoms with Gasteiger partial charge in [0, 0.05) is 24.7 Å². The number of carbonyl (C=O) groups is 1. The van der Waals surface area contributed by atoms with Crippen LogP contribution >= 0.6 is 35.6 Å². The number of benzene rings is 1. The Morgan fingerprint density at radius 1 is 1.10 bits per heavy atom. The molecule has 0 aliphatic heterocycles. The topological polar surface area (TPSA) is 23.6 Å². The third-order valence-electron chi connectivity index (χ3n) is 4.09. The molecule has 2 unspecified atom stereocenters. The van der Waals surface area contributed by atoms with Crippen molar-refractivity contribution in [3.05, 3.63) is 33.8 Å². The average Bonchev–Trinajstić information content (AvgIpc) is 2.89. The van der Waals surface area contributed by atoms with Crippen LogP contribution in [0.1, 0.15) is 29.6 Å². The number of rotatable bonds is 3. The van der Waals surface area contributed by atoms with E-state index in [0.717, 1.165) is 19.3 Å². The van der Waals surface area contributed by atoms with Crippen molar-refractivity contribution in [1.29, 1.82) is 0 Å². The summed E-state index contributed by atoms with van der Waals surface area (Å²) in [6, 6.07) is 5.72. The van der Waals surface area contributed by atoms with E-state index in [2.05, 4.69) is 19.0 Å². The first-order valence-electron chi connectivity index (χ1n) is 6.80. The summed E-state index contributed by atoms with van der Waals surface area (Å²) in [5.74, 6) is 0.00215. The molecule has 2 rings (SSSR count). The Kier molecular flexibility index (Phi) is 6.79. The fraction of sp³-hybridized carbons (Fsp3) is 0.533. The second kappa shape index (κ2) is 7.68. The molecule has 1 fully saturated rings. The third-order valence-corrected chi connectivity index (χ3v) is 4.83. The predicted molar refractivity (Wildman–Crippen MR) is 90.9 cm³/mol. The van der Waals surface area contributed by atoms with Crippen molar-refractivity contribution in [1.82, 2.24) is 9.80 Å². The van der Waals surface area contributed by atoms with Crippen molar-refractivity contribution in [2.75, 3.05) is 21.1 Å². The van der Waals surface area contributed by atoms with Crippen LogP contribution in [0.2, 0.25) is 10.0 Å². The normalized spacial score (nSPS) is 21.2. The molecule has 0 radical (unpaired) electrons. The summed E-state index contributed by atoms with van der Waals surface area (Å²) in [4.78, 5) is 16.6. The Morgan fingerprint density at radius 3 is 2.29 bits per heavy atom. The molecule has 0 heterocycles. The molecule has 0 bridgehead atoms. The van der Waals surface area contributed by atoms with E-state index in [-0.39, 0.29) is 24.4 Å². The lowest BCUT2D eigenvalue weighted by molar-refractivity contribution is 0.0667. The van der Waals surface area contributed by atoms with Gasteiger partial charge in [0.15, 0.2) is 0 Å². The molecule has 0 N–H and O–H groups in total. The van der Waals surface area contributed by atoms with Gasteiger partial charge in [-0.15, -0.1) is 12.4 Å². The highest BCUT2D eigenvalue weighted by Crippen LogP contribution is 2.28. The molecule has 0 saturated heterocycles. The molecule has 21 heavy (non-hydrogen) atoms. The maximum Gasteiger partial charge on any atom is 0.253 e. The van der Waals surface area contributed by atoms with E-state index in [1.165, 1.54) is 0 Å². The smallest absolute Gasteiger partial charge is 0.253 e. The Morgan fingerprint density at radius 2 is 1.71 bits per heavy atom. The summed E-state index contributed by atoms with van der Waals surface area (Å²) in [5, 5.41) is 0.888. The lowest BCUT2D eigenvalue weighted by Gasteiger charge is -2.33. The maximum absolute atomic E-state index is 12.6. The fourth-order valence-electron chi connectivity index (χ4n) is 2.96. The number of carbonyl (C=O) groups excluding carboxylic acids is 1. The van der Waals surface area contributed by atoms with Crippen molar-refractivity contribution < 1.29 is 4.79 Å². The maximum atomic E-state index is 12.6. The van der Waals surface area contributed by atoms with Crippen molar-refractivity contribution >= 4 is 41.5 Å². The number of likely N-dealkylation sites (N-methyl/N-ethyl adjacent to an activating group) is 2. The van der Waals surface area contributed by atoms with E-state index < -0.39 is 0 Å². The van der Waals surface area contributed by atoms with Gasteiger partial charge in [0.1, 0.15) is 0 Å². The summed E-state index contributed by atoms with van der Waals surface area (Å²) in [6.07, 6.45) is 3.34. The van der Waals surface area contributed by atoms with Crippen molar-refractivity contribution in [3.8, 4) is 0 Å². The number of amides is 1. The second-order valence-corrected chi connectivity index (χ2v) is 6.39. The molecule has 3 nitrogen and oxygen atoms in total. The summed E-state index contributed by atoms with van der Waals surface area (Å²) in [7, 11) is 6.01. The van der Waals surface area contributed by atoms with E-state index >= 15 is 0 Å². The van der Waals surface area contributed by atoms with Gasteiger partial charge < -0.3 is 9.80 Å². The predicted octanol–water partition coefficient (Wildman–Crippen LogP) is 3.97. The Hall–Kier alpha value is -0.480. The summed E-state index contributed by atoms with van der Waals surface area (Å²) in [6.45, 7) is 0. The van der Waals surface area contributed by atoms with Crippen LogP contribution in [0.5, 0.6) is 0 Å². The number of hydrogen-bond acceptors (Lipinski definition) is 2. The minimum atomic E-state index is 0. The zero-order valence-electron chi connectivity index (χ0n) is 12.5. The molecule has 1 aliphatic carbocycles. The van der Waals surface area contributed by atoms with Gasteiger partial charge in [0.05, 0.1) is 10.0 Å². The second-order valence-electron chi connectivity index (χ2n) is 5.57. The Labute approximate surface area is 142 Å². The van der Waals surface area contributed by atoms with E-state index in [0.29, 0.717) is 21.7 Å². The van der Waals surface area contributed by atoms with Crippen molar-refractivity contribution in [2.24, 2.45) is 0 Å². The van der Waals surface area contributed by atoms with E-state index in [1.807, 2.05) is 11.9 Å². The largest absolute Gasteiger partial charge is 0.337 e. The average molecular weight is 352 g/mol. The van der Waals surface area contributed by atoms with Crippen LogP contribution in [0.3, 0.4) is 0 Å². The highest BCUT2D eigenvalue weighted by molar-refractivity contribution is 6.42. The van der Waals surface area contributed by atoms with Crippen LogP contribution in [0.25, 0.3) is 0 Å². The number of nitrogens with zero attached hydrogens (tertiary/aromatic N) is 2. The van der Waals surface area contributed by atoms with Gasteiger partial charge in [-0.3, -0.25) is 4.79 Å². The first-order chi connectivity index (χ1) is 9.41. The van der Waals surface area contributed by atoms with Crippen LogP contribution in [0.4, 0.5) is 0 Å². The molecular formula is C15H21Cl3N2O. The fourth-order valence-corrected chi connectivity index (χ4v) is 3.26. The van der Waals surface area contributed by atoms with Crippen LogP contribution in [0, 0.1) is 0 Å². The van der Waals surface area contributed by atoms with Gasteiger partial charge in [0.2, 0.25) is 0 Å². The standard InChI is InChI=1S/C15H20Cl2N2O.ClH/c1-18(2)13-5-4-6-14(13)19(3)15(20)10-7-8-11(16)12(17)9-10;/h7-9,13-14H,4-6H2,1-3H3;1H. The minimum Gasteiger partial charge on any atom is -0.337 e. The van der Waals surface area contributed by atoms with Crippen molar-refractivity contribution in [2.45, 2.75) is 31.3 Å². The molecule has 118 valence electrons. The molecule has 1 amide bonds. The van der Waals surface area contributed by atoms with Gasteiger partial charge in [-0.25, -0.2) is 0 Å². The van der Waals surface area contributed by atoms with E-state index in [9.17, 15) is 4.79 Å². The molecule has 6 heteroatoms. The first-order valence-corrected chi connectivity index (χ1v) is 7.56. The molecule has 1 aliphatic rings. The zero-order chi connectivity index (χ0) is 14.9. The molecule has 1 aromatic rings. The van der Waals surface area contributed by atoms with E-state index in [4.69, 9.17) is 23.2 Å². The Balaban J connectivity index is 0.00000220. The van der Waals surface area contributed by atoms with Crippen LogP contribution in [0.15, 0.2) is 18.2 Å². The summed E-state index contributed by atoms with van der Waals surface area (Å²) >= 11 is 11.9. The van der Waals surface area contributed by atoms with Gasteiger partial charge in [-0.1, -0.05) is 23.2 Å². The van der Waals surface area contributed by atoms with Crippen molar-refractivity contribution in [3.63, 3.8) is 0 Å². The monoisotopic (exact) mass is 350 g/mol. The lowest BCUT2D eigenvalue weighted by atomic mass is 10.1. The van der Waals surface area contributed by atoms with Crippen LogP contribution in [-0.4, -0.2) is 48.9 Å². The quantitative estimate of drug-likeness (QED) is 0.822. The number of hydrogen-bond donors (Lipinski definition) is 0. The molecule has 0 aromatic heterocycles. The van der Waals surface area contributed by atoms with E-state index in [1.54, 1.807) is 18.2 Å². The van der Waals surface area contributed by atoms with Gasteiger partial charge in [-0.2, -0.15) is 0 Å². The Bertz CT molecular complexity index is 508. The summed E-state index contributed by atoms with van der Waals surface area (Å²) in [5.41, 5.74) is 0.589. The van der Waals surface area contributed by atoms with Crippen LogP contribution in [-0.2, 0) is 0 Å². The molecule has 0 spiro atoms. The molecule has 1 aromatic carbocycles. The highest BCUT2D eigenvalue weighted by Gasteiger charge is 2.34. The highest BCUT2D eigenvalue weighted by atomic mass is 35.5. The van der Waals surface area contributed by atoms with Gasteiger partial charge in [0.25, 0.3) is 5.91 Å². The minimum absolute atomic E-state index is 0. The lowest BCUT2D eigenvalue weighted by Crippen LogP contribution is -2.47. The van der Waals surface area contributed by atoms with Gasteiger partial charge >= 0.3 is 0 Å². The molecule has 2 atom stereocenters. The molecular weight excluding hydrogens is 331 g/mol. The summed E-state index contributed by atoms with van der Waals surface area (Å²) < 4.78 is 0. The zero-order valence-corrected chi connectivity index (χ0v) is 14.8. The molecule has 1 saturated carbocycles. The SMILES string of the molecule is CN(C)C1CCCC1N(C)C(=O)c1ccc(Cl)c(Cl)c1.Cl.